The van der Waals surface area contributed by atoms with Crippen molar-refractivity contribution in [1.82, 2.24) is 0 Å². The molecule has 0 aromatic heterocycles. The van der Waals surface area contributed by atoms with E-state index in [9.17, 15) is 0 Å². The van der Waals surface area contributed by atoms with Crippen LogP contribution >= 0.6 is 0 Å². The SMILES string of the molecule is CC1(C)Cc2ccccc2N(c2ccccc2)C1c1ccc(-c2ccc3c(-c4cccc5ccccc45)c4ccccc4c(-c4ccc5ccccc5c4)c3c2)c2ccccc12. The molecule has 62 heavy (non-hydrogen) atoms. The third-order valence-corrected chi connectivity index (χ3v) is 13.6. The molecule has 0 saturated heterocycles. The molecule has 1 aliphatic heterocycles. The van der Waals surface area contributed by atoms with Gasteiger partial charge in [-0.05, 0) is 141 Å². The van der Waals surface area contributed by atoms with E-state index >= 15 is 0 Å². The number of benzene rings is 11. The summed E-state index contributed by atoms with van der Waals surface area (Å²) in [5, 5.41) is 12.6. The lowest BCUT2D eigenvalue weighted by molar-refractivity contribution is 0.273. The van der Waals surface area contributed by atoms with Crippen LogP contribution in [0.2, 0.25) is 0 Å². The lowest BCUT2D eigenvalue weighted by Crippen LogP contribution is -2.41. The molecule has 12 rings (SSSR count). The van der Waals surface area contributed by atoms with Crippen molar-refractivity contribution in [2.24, 2.45) is 5.41 Å². The van der Waals surface area contributed by atoms with Crippen molar-refractivity contribution in [1.29, 1.82) is 0 Å². The smallest absolute Gasteiger partial charge is 0.0651 e. The van der Waals surface area contributed by atoms with Gasteiger partial charge in [-0.15, -0.1) is 0 Å². The van der Waals surface area contributed by atoms with Crippen molar-refractivity contribution in [2.75, 3.05) is 4.90 Å². The maximum Gasteiger partial charge on any atom is 0.0651 e. The minimum absolute atomic E-state index is 0.0503. The normalized spacial score (nSPS) is 14.8. The Balaban J connectivity index is 1.12. The van der Waals surface area contributed by atoms with E-state index in [-0.39, 0.29) is 11.5 Å². The molecular formula is C61H45N. The molecule has 0 bridgehead atoms. The first-order chi connectivity index (χ1) is 30.5. The van der Waals surface area contributed by atoms with E-state index in [2.05, 4.69) is 237 Å². The van der Waals surface area contributed by atoms with Gasteiger partial charge in [-0.1, -0.05) is 202 Å². The van der Waals surface area contributed by atoms with Crippen molar-refractivity contribution in [3.8, 4) is 33.4 Å². The maximum absolute atomic E-state index is 2.60. The zero-order chi connectivity index (χ0) is 41.4. The van der Waals surface area contributed by atoms with E-state index in [4.69, 9.17) is 0 Å². The molecule has 0 N–H and O–H groups in total. The summed E-state index contributed by atoms with van der Waals surface area (Å²) in [6, 6.07) is 81.6. The Kier molecular flexibility index (Phi) is 8.40. The quantitative estimate of drug-likeness (QED) is 0.157. The molecule has 1 atom stereocenters. The number of hydrogen-bond donors (Lipinski definition) is 0. The molecule has 11 aromatic carbocycles. The van der Waals surface area contributed by atoms with E-state index < -0.39 is 0 Å². The fourth-order valence-corrected chi connectivity index (χ4v) is 11.0. The van der Waals surface area contributed by atoms with Gasteiger partial charge >= 0.3 is 0 Å². The zero-order valence-corrected chi connectivity index (χ0v) is 35.0. The monoisotopic (exact) mass is 791 g/mol. The highest BCUT2D eigenvalue weighted by atomic mass is 15.2. The first-order valence-electron chi connectivity index (χ1n) is 21.9. The van der Waals surface area contributed by atoms with Crippen LogP contribution in [-0.4, -0.2) is 0 Å². The van der Waals surface area contributed by atoms with Crippen LogP contribution in [0.15, 0.2) is 218 Å². The predicted molar refractivity (Wildman–Crippen MR) is 266 cm³/mol. The van der Waals surface area contributed by atoms with Crippen LogP contribution in [0.25, 0.3) is 87.2 Å². The molecule has 1 aliphatic rings. The second-order valence-electron chi connectivity index (χ2n) is 17.8. The Morgan fingerprint density at radius 3 is 1.82 bits per heavy atom. The Hall–Kier alpha value is -7.48. The van der Waals surface area contributed by atoms with Crippen LogP contribution in [0.1, 0.15) is 31.0 Å². The fraction of sp³-hybridized carbons (Fsp3) is 0.0820. The fourth-order valence-electron chi connectivity index (χ4n) is 11.0. The highest BCUT2D eigenvalue weighted by Gasteiger charge is 2.42. The van der Waals surface area contributed by atoms with E-state index in [1.807, 2.05) is 0 Å². The summed E-state index contributed by atoms with van der Waals surface area (Å²) in [6.07, 6.45) is 1.00. The zero-order valence-electron chi connectivity index (χ0n) is 35.0. The number of hydrogen-bond acceptors (Lipinski definition) is 1. The molecular weight excluding hydrogens is 747 g/mol. The van der Waals surface area contributed by atoms with Crippen molar-refractivity contribution in [3.63, 3.8) is 0 Å². The first kappa shape index (κ1) is 36.4. The summed E-state index contributed by atoms with van der Waals surface area (Å²) < 4.78 is 0. The van der Waals surface area contributed by atoms with Gasteiger partial charge in [0.15, 0.2) is 0 Å². The average Bonchev–Trinajstić information content (AvgIpc) is 3.32. The minimum atomic E-state index is -0.0503. The Bertz CT molecular complexity index is 3540. The van der Waals surface area contributed by atoms with Gasteiger partial charge in [0.25, 0.3) is 0 Å². The highest BCUT2D eigenvalue weighted by molar-refractivity contribution is 6.24. The summed E-state index contributed by atoms with van der Waals surface area (Å²) in [7, 11) is 0. The van der Waals surface area contributed by atoms with Crippen LogP contribution in [0.3, 0.4) is 0 Å². The summed E-state index contributed by atoms with van der Waals surface area (Å²) in [4.78, 5) is 2.60. The number of anilines is 2. The largest absolute Gasteiger partial charge is 0.333 e. The highest BCUT2D eigenvalue weighted by Crippen LogP contribution is 2.54. The third kappa shape index (κ3) is 5.76. The van der Waals surface area contributed by atoms with Crippen LogP contribution in [0, 0.1) is 5.41 Å². The maximum atomic E-state index is 2.60. The van der Waals surface area contributed by atoms with Crippen molar-refractivity contribution >= 4 is 65.2 Å². The standard InChI is InChI=1S/C61H45N/c1-61(2)39-45-20-9-15-30-57(45)62(46-22-4-3-5-23-46)60(61)55-36-35-48(49-25-11-12-26-50(49)55)43-33-34-54-56(38-43)58(44-32-31-40-17-6-7-19-42(40)37-44)52-27-13-14-28-53(52)59(54)51-29-16-21-41-18-8-10-24-47(41)51/h3-38,60H,39H2,1-2H3. The molecule has 0 spiro atoms. The Labute approximate surface area is 363 Å². The number of rotatable bonds is 5. The summed E-state index contributed by atoms with van der Waals surface area (Å²) in [5.74, 6) is 0. The lowest BCUT2D eigenvalue weighted by Gasteiger charge is -2.49. The van der Waals surface area contributed by atoms with Crippen LogP contribution in [0.4, 0.5) is 11.4 Å². The van der Waals surface area contributed by atoms with Crippen molar-refractivity contribution in [2.45, 2.75) is 26.3 Å². The van der Waals surface area contributed by atoms with Gasteiger partial charge < -0.3 is 4.90 Å². The van der Waals surface area contributed by atoms with Crippen LogP contribution in [-0.2, 0) is 6.42 Å². The van der Waals surface area contributed by atoms with Gasteiger partial charge in [0.1, 0.15) is 0 Å². The molecule has 0 saturated carbocycles. The molecule has 0 aliphatic carbocycles. The molecule has 294 valence electrons. The first-order valence-corrected chi connectivity index (χ1v) is 21.9. The van der Waals surface area contributed by atoms with E-state index in [1.165, 1.54) is 110 Å². The third-order valence-electron chi connectivity index (χ3n) is 13.6. The van der Waals surface area contributed by atoms with Gasteiger partial charge in [-0.25, -0.2) is 0 Å². The van der Waals surface area contributed by atoms with E-state index in [1.54, 1.807) is 0 Å². The van der Waals surface area contributed by atoms with Gasteiger partial charge in [0.2, 0.25) is 0 Å². The molecule has 0 fully saturated rings. The molecule has 11 aromatic rings. The minimum Gasteiger partial charge on any atom is -0.333 e. The van der Waals surface area contributed by atoms with Crippen LogP contribution in [0.5, 0.6) is 0 Å². The summed E-state index contributed by atoms with van der Waals surface area (Å²) in [6.45, 7) is 4.89. The molecule has 1 unspecified atom stereocenters. The molecule has 1 nitrogen and oxygen atoms in total. The summed E-state index contributed by atoms with van der Waals surface area (Å²) in [5.41, 5.74) is 12.7. The topological polar surface area (TPSA) is 3.24 Å². The second-order valence-corrected chi connectivity index (χ2v) is 17.8. The van der Waals surface area contributed by atoms with Gasteiger partial charge in [0, 0.05) is 11.4 Å². The van der Waals surface area contributed by atoms with E-state index in [0.29, 0.717) is 0 Å². The molecule has 0 amide bonds. The Morgan fingerprint density at radius 2 is 1.00 bits per heavy atom. The number of fused-ring (bicyclic) bond motifs is 6. The number of nitrogens with zero attached hydrogens (tertiary/aromatic N) is 1. The Morgan fingerprint density at radius 1 is 0.387 bits per heavy atom. The van der Waals surface area contributed by atoms with Crippen molar-refractivity contribution in [3.05, 3.63) is 230 Å². The lowest BCUT2D eigenvalue weighted by atomic mass is 9.70. The number of para-hydroxylation sites is 2. The second kappa shape index (κ2) is 14.3. The van der Waals surface area contributed by atoms with Gasteiger partial charge in [-0.3, -0.25) is 0 Å². The molecule has 1 heterocycles. The molecule has 0 radical (unpaired) electrons. The predicted octanol–water partition coefficient (Wildman–Crippen LogP) is 16.9. The molecule has 1 heteroatoms. The van der Waals surface area contributed by atoms with Crippen molar-refractivity contribution < 1.29 is 0 Å². The average molecular weight is 792 g/mol. The van der Waals surface area contributed by atoms with E-state index in [0.717, 1.165) is 6.42 Å². The van der Waals surface area contributed by atoms with Gasteiger partial charge in [-0.2, -0.15) is 0 Å². The van der Waals surface area contributed by atoms with Gasteiger partial charge in [0.05, 0.1) is 6.04 Å². The summed E-state index contributed by atoms with van der Waals surface area (Å²) >= 11 is 0. The van der Waals surface area contributed by atoms with Crippen LogP contribution < -0.4 is 4.90 Å².